The second-order valence-corrected chi connectivity index (χ2v) is 5.34. The number of aromatic nitrogens is 2. The van der Waals surface area contributed by atoms with E-state index < -0.39 is 0 Å². The van der Waals surface area contributed by atoms with Crippen LogP contribution in [0.2, 0.25) is 0 Å². The third-order valence-corrected chi connectivity index (χ3v) is 3.55. The molecule has 108 valence electrons. The second kappa shape index (κ2) is 5.44. The highest BCUT2D eigenvalue weighted by Gasteiger charge is 2.18. The maximum absolute atomic E-state index is 5.92. The monoisotopic (exact) mass is 282 g/mol. The van der Waals surface area contributed by atoms with E-state index in [-0.39, 0.29) is 0 Å². The van der Waals surface area contributed by atoms with E-state index in [1.807, 2.05) is 30.3 Å². The molecular formula is C16H18N4O. The van der Waals surface area contributed by atoms with Crippen molar-refractivity contribution in [1.82, 2.24) is 10.3 Å². The first-order valence-electron chi connectivity index (χ1n) is 6.98. The van der Waals surface area contributed by atoms with E-state index in [0.717, 1.165) is 12.2 Å². The van der Waals surface area contributed by atoms with E-state index in [9.17, 15) is 0 Å². The maximum Gasteiger partial charge on any atom is 0.160 e. The number of fused-ring (bicyclic) bond motifs is 1. The van der Waals surface area contributed by atoms with Gasteiger partial charge in [0.25, 0.3) is 0 Å². The van der Waals surface area contributed by atoms with E-state index in [4.69, 9.17) is 10.4 Å². The number of anilines is 2. The van der Waals surface area contributed by atoms with Gasteiger partial charge < -0.3 is 10.6 Å². The lowest BCUT2D eigenvalue weighted by atomic mass is 10.1. The van der Waals surface area contributed by atoms with Crippen LogP contribution in [0.15, 0.2) is 47.1 Å². The van der Waals surface area contributed by atoms with Crippen LogP contribution in [0.25, 0.3) is 11.0 Å². The Labute approximate surface area is 123 Å². The van der Waals surface area contributed by atoms with Crippen LogP contribution >= 0.6 is 0 Å². The Kier molecular flexibility index (Phi) is 3.48. The van der Waals surface area contributed by atoms with Crippen LogP contribution in [0.5, 0.6) is 0 Å². The van der Waals surface area contributed by atoms with Gasteiger partial charge in [-0.1, -0.05) is 30.3 Å². The zero-order valence-electron chi connectivity index (χ0n) is 12.2. The van der Waals surface area contributed by atoms with Crippen molar-refractivity contribution in [3.8, 4) is 0 Å². The molecule has 0 saturated heterocycles. The fourth-order valence-electron chi connectivity index (χ4n) is 2.43. The van der Waals surface area contributed by atoms with E-state index in [0.29, 0.717) is 22.8 Å². The Bertz CT molecular complexity index is 736. The summed E-state index contributed by atoms with van der Waals surface area (Å²) < 4.78 is 4.86. The van der Waals surface area contributed by atoms with Gasteiger partial charge in [-0.15, -0.1) is 0 Å². The molecule has 0 spiro atoms. The van der Waals surface area contributed by atoms with Crippen molar-refractivity contribution in [3.05, 3.63) is 48.0 Å². The lowest BCUT2D eigenvalue weighted by Gasteiger charge is -2.29. The molecule has 0 atom stereocenters. The summed E-state index contributed by atoms with van der Waals surface area (Å²) >= 11 is 0. The number of nitrogens with two attached hydrogens (primary N) is 1. The molecule has 0 aliphatic carbocycles. The van der Waals surface area contributed by atoms with Gasteiger partial charge in [0.05, 0.1) is 11.4 Å². The molecule has 0 unspecified atom stereocenters. The average molecular weight is 282 g/mol. The molecule has 2 aromatic carbocycles. The highest BCUT2D eigenvalue weighted by Crippen LogP contribution is 2.30. The van der Waals surface area contributed by atoms with Gasteiger partial charge in [0.15, 0.2) is 11.0 Å². The quantitative estimate of drug-likeness (QED) is 0.744. The van der Waals surface area contributed by atoms with Crippen molar-refractivity contribution in [2.75, 3.05) is 10.6 Å². The summed E-state index contributed by atoms with van der Waals surface area (Å²) in [6.07, 6.45) is 0. The molecule has 0 aliphatic rings. The van der Waals surface area contributed by atoms with Crippen LogP contribution < -0.4 is 10.6 Å². The Morgan fingerprint density at radius 1 is 1.05 bits per heavy atom. The predicted octanol–water partition coefficient (Wildman–Crippen LogP) is 3.22. The van der Waals surface area contributed by atoms with E-state index in [2.05, 4.69) is 41.2 Å². The second-order valence-electron chi connectivity index (χ2n) is 5.34. The minimum Gasteiger partial charge on any atom is -0.397 e. The molecule has 5 nitrogen and oxygen atoms in total. The molecule has 0 bridgehead atoms. The zero-order chi connectivity index (χ0) is 14.8. The lowest BCUT2D eigenvalue weighted by Crippen LogP contribution is -2.30. The van der Waals surface area contributed by atoms with Gasteiger partial charge in [-0.05, 0) is 41.9 Å². The molecule has 1 heterocycles. The van der Waals surface area contributed by atoms with Crippen molar-refractivity contribution in [1.29, 1.82) is 0 Å². The number of rotatable bonds is 4. The van der Waals surface area contributed by atoms with Gasteiger partial charge >= 0.3 is 0 Å². The third kappa shape index (κ3) is 2.54. The molecule has 1 aromatic heterocycles. The molecule has 0 fully saturated rings. The molecule has 0 amide bonds. The summed E-state index contributed by atoms with van der Waals surface area (Å²) in [5, 5.41) is 7.91. The highest BCUT2D eigenvalue weighted by atomic mass is 16.6. The van der Waals surface area contributed by atoms with Crippen LogP contribution in [0.4, 0.5) is 11.4 Å². The number of benzene rings is 2. The maximum atomic E-state index is 5.92. The normalized spacial score (nSPS) is 11.2. The number of hydrogen-bond acceptors (Lipinski definition) is 5. The molecule has 21 heavy (non-hydrogen) atoms. The highest BCUT2D eigenvalue weighted by molar-refractivity contribution is 5.95. The van der Waals surface area contributed by atoms with Gasteiger partial charge in [0.2, 0.25) is 0 Å². The molecule has 3 rings (SSSR count). The minimum atomic E-state index is 0.314. The SMILES string of the molecule is CC(C)N(Cc1ccccc1)c1ccc(N)c2nonc12. The fourth-order valence-corrected chi connectivity index (χ4v) is 2.43. The van der Waals surface area contributed by atoms with Gasteiger partial charge in [-0.25, -0.2) is 4.63 Å². The molecule has 0 aliphatic heterocycles. The molecule has 3 aromatic rings. The average Bonchev–Trinajstić information content (AvgIpc) is 2.97. The standard InChI is InChI=1S/C16H18N4O/c1-11(2)20(10-12-6-4-3-5-7-12)14-9-8-13(17)15-16(14)19-21-18-15/h3-9,11H,10,17H2,1-2H3. The van der Waals surface area contributed by atoms with Gasteiger partial charge in [0, 0.05) is 12.6 Å². The van der Waals surface area contributed by atoms with Gasteiger partial charge in [-0.3, -0.25) is 0 Å². The molecular weight excluding hydrogens is 264 g/mol. The summed E-state index contributed by atoms with van der Waals surface area (Å²) in [6, 6.07) is 14.5. The summed E-state index contributed by atoms with van der Waals surface area (Å²) in [5.41, 5.74) is 10.1. The van der Waals surface area contributed by atoms with E-state index >= 15 is 0 Å². The molecule has 0 saturated carbocycles. The molecule has 5 heteroatoms. The van der Waals surface area contributed by atoms with Crippen LogP contribution in [0, 0.1) is 0 Å². The van der Waals surface area contributed by atoms with Gasteiger partial charge in [-0.2, -0.15) is 0 Å². The number of nitrogens with zero attached hydrogens (tertiary/aromatic N) is 3. The van der Waals surface area contributed by atoms with Crippen molar-refractivity contribution in [3.63, 3.8) is 0 Å². The van der Waals surface area contributed by atoms with Gasteiger partial charge in [0.1, 0.15) is 0 Å². The summed E-state index contributed by atoms with van der Waals surface area (Å²) in [7, 11) is 0. The van der Waals surface area contributed by atoms with Crippen molar-refractivity contribution in [2.45, 2.75) is 26.4 Å². The van der Waals surface area contributed by atoms with E-state index in [1.165, 1.54) is 5.56 Å². The van der Waals surface area contributed by atoms with Crippen LogP contribution in [0.3, 0.4) is 0 Å². The van der Waals surface area contributed by atoms with Crippen LogP contribution in [-0.2, 0) is 6.54 Å². The number of hydrogen-bond donors (Lipinski definition) is 1. The fraction of sp³-hybridized carbons (Fsp3) is 0.250. The first kappa shape index (κ1) is 13.4. The first-order chi connectivity index (χ1) is 10.2. The molecule has 0 radical (unpaired) electrons. The van der Waals surface area contributed by atoms with Crippen molar-refractivity contribution < 1.29 is 4.63 Å². The smallest absolute Gasteiger partial charge is 0.160 e. The lowest BCUT2D eigenvalue weighted by molar-refractivity contribution is 0.315. The first-order valence-corrected chi connectivity index (χ1v) is 6.98. The van der Waals surface area contributed by atoms with Crippen molar-refractivity contribution in [2.24, 2.45) is 0 Å². The Hall–Kier alpha value is -2.56. The largest absolute Gasteiger partial charge is 0.397 e. The number of nitrogen functional groups attached to an aromatic ring is 1. The van der Waals surface area contributed by atoms with Crippen LogP contribution in [0.1, 0.15) is 19.4 Å². The van der Waals surface area contributed by atoms with Crippen molar-refractivity contribution >= 4 is 22.4 Å². The topological polar surface area (TPSA) is 68.2 Å². The Morgan fingerprint density at radius 3 is 2.48 bits per heavy atom. The van der Waals surface area contributed by atoms with Crippen LogP contribution in [-0.4, -0.2) is 16.4 Å². The summed E-state index contributed by atoms with van der Waals surface area (Å²) in [6.45, 7) is 5.10. The Morgan fingerprint density at radius 2 is 1.76 bits per heavy atom. The molecule has 2 N–H and O–H groups in total. The third-order valence-electron chi connectivity index (χ3n) is 3.55. The summed E-state index contributed by atoms with van der Waals surface area (Å²) in [4.78, 5) is 2.27. The minimum absolute atomic E-state index is 0.314. The Balaban J connectivity index is 2.04. The van der Waals surface area contributed by atoms with E-state index in [1.54, 1.807) is 0 Å². The summed E-state index contributed by atoms with van der Waals surface area (Å²) in [5.74, 6) is 0. The predicted molar refractivity (Wildman–Crippen MR) is 84.0 cm³/mol. The zero-order valence-corrected chi connectivity index (χ0v) is 12.2.